The van der Waals surface area contributed by atoms with Gasteiger partial charge in [-0.3, -0.25) is 0 Å². The van der Waals surface area contributed by atoms with Crippen LogP contribution in [0.4, 0.5) is 0 Å². The molecule has 0 aliphatic rings. The molecule has 0 saturated heterocycles. The Morgan fingerprint density at radius 3 is 1.85 bits per heavy atom. The molecule has 0 radical (unpaired) electrons. The van der Waals surface area contributed by atoms with E-state index >= 15 is 0 Å². The van der Waals surface area contributed by atoms with Crippen molar-refractivity contribution in [2.75, 3.05) is 0 Å². The first-order chi connectivity index (χ1) is 4.54. The number of hydrogen-bond acceptors (Lipinski definition) is 5. The van der Waals surface area contributed by atoms with Crippen LogP contribution in [0.2, 0.25) is 0 Å². The number of nitrogens with two attached hydrogens (primary N) is 1. The molecule has 0 heterocycles. The molecule has 8 heteroatoms. The molecule has 6 nitrogen and oxygen atoms in total. The van der Waals surface area contributed by atoms with Crippen LogP contribution in [0.3, 0.4) is 0 Å². The molecule has 13 heavy (non-hydrogen) atoms. The van der Waals surface area contributed by atoms with Gasteiger partial charge in [0.1, 0.15) is 0 Å². The third-order valence-electron chi connectivity index (χ3n) is 0.962. The van der Waals surface area contributed by atoms with Crippen molar-refractivity contribution in [2.24, 2.45) is 5.73 Å². The zero-order valence-electron chi connectivity index (χ0n) is 7.70. The molecule has 1 atom stereocenters. The summed E-state index contributed by atoms with van der Waals surface area (Å²) in [5, 5.41) is 19.6. The molecule has 0 fully saturated rings. The van der Waals surface area contributed by atoms with E-state index in [0.29, 0.717) is 0 Å². The van der Waals surface area contributed by atoms with Gasteiger partial charge in [0.05, 0.1) is 5.97 Å². The third-order valence-corrected chi connectivity index (χ3v) is 0.962. The molecule has 0 spiro atoms. The summed E-state index contributed by atoms with van der Waals surface area (Å²) in [6.07, 6.45) is -0.500. The smallest absolute Gasteiger partial charge is 0.550 e. The van der Waals surface area contributed by atoms with Gasteiger partial charge in [0.25, 0.3) is 0 Å². The predicted molar refractivity (Wildman–Crippen MR) is 30.8 cm³/mol. The van der Waals surface area contributed by atoms with E-state index in [1.807, 2.05) is 0 Å². The Hall–Kier alpha value is 2.13. The zero-order valence-corrected chi connectivity index (χ0v) is 13.9. The normalized spacial score (nSPS) is 9.62. The van der Waals surface area contributed by atoms with E-state index in [-0.39, 0.29) is 121 Å². The van der Waals surface area contributed by atoms with E-state index in [0.717, 1.165) is 0 Å². The van der Waals surface area contributed by atoms with E-state index in [1.54, 1.807) is 0 Å². The summed E-state index contributed by atoms with van der Waals surface area (Å²) in [5.41, 5.74) is 4.91. The number of carboxylic acids is 2. The Balaban J connectivity index is -0.000000135. The number of carbonyl (C=O) groups excluding carboxylic acids is 2. The zero-order chi connectivity index (χ0) is 8.15. The van der Waals surface area contributed by atoms with Gasteiger partial charge in [-0.1, -0.05) is 0 Å². The Morgan fingerprint density at radius 1 is 1.23 bits per heavy atom. The summed E-state index contributed by atoms with van der Waals surface area (Å²) in [5.74, 6) is -2.75. The summed E-state index contributed by atoms with van der Waals surface area (Å²) in [6, 6.07) is -1.21. The third kappa shape index (κ3) is 16.8. The average Bonchev–Trinajstić information content (AvgIpc) is 1.82. The maximum atomic E-state index is 9.86. The van der Waals surface area contributed by atoms with Crippen LogP contribution in [0.5, 0.6) is 0 Å². The molecule has 0 bridgehead atoms. The van der Waals surface area contributed by atoms with Crippen molar-refractivity contribution in [3.8, 4) is 0 Å². The minimum absolute atomic E-state index is 0. The SMILES string of the molecule is N[C@@H](CCC(=O)[O-])C(=O)[O-].O.[K+].[K+]. The molecule has 4 N–H and O–H groups in total. The predicted octanol–water partition coefficient (Wildman–Crippen LogP) is -10.2. The van der Waals surface area contributed by atoms with Crippen LogP contribution in [0.25, 0.3) is 0 Å². The molecule has 0 aromatic carbocycles. The molecule has 0 unspecified atom stereocenters. The Labute approximate surface area is 161 Å². The molecule has 0 aromatic heterocycles. The quantitative estimate of drug-likeness (QED) is 0.487. The van der Waals surface area contributed by atoms with Gasteiger partial charge in [-0.2, -0.15) is 0 Å². The van der Waals surface area contributed by atoms with Crippen molar-refractivity contribution >= 4 is 11.9 Å². The van der Waals surface area contributed by atoms with Crippen molar-refractivity contribution in [1.82, 2.24) is 0 Å². The van der Waals surface area contributed by atoms with Gasteiger partial charge in [0, 0.05) is 12.0 Å². The van der Waals surface area contributed by atoms with Gasteiger partial charge >= 0.3 is 103 Å². The van der Waals surface area contributed by atoms with Gasteiger partial charge in [-0.05, 0) is 12.8 Å². The molecule has 0 amide bonds. The number of rotatable bonds is 4. The minimum atomic E-state index is -1.44. The van der Waals surface area contributed by atoms with Crippen LogP contribution in [-0.2, 0) is 9.59 Å². The Bertz CT molecular complexity index is 154. The largest absolute Gasteiger partial charge is 1.00 e. The standard InChI is InChI=1S/C5H9NO4.2K.H2O/c6-3(5(9)10)1-2-4(7)8;;;/h3H,1-2,6H2,(H,7,8)(H,9,10);;;1H2/q;2*+1;/p-2/t3-;;;/m0.../s1. The van der Waals surface area contributed by atoms with Crippen LogP contribution >= 0.6 is 0 Å². The first kappa shape index (κ1) is 24.4. The monoisotopic (exact) mass is 241 g/mol. The fraction of sp³-hybridized carbons (Fsp3) is 0.600. The van der Waals surface area contributed by atoms with E-state index in [2.05, 4.69) is 0 Å². The fourth-order valence-corrected chi connectivity index (χ4v) is 0.391. The molecule has 0 rings (SSSR count). The molecule has 66 valence electrons. The summed E-state index contributed by atoms with van der Waals surface area (Å²) in [6.45, 7) is 0. The summed E-state index contributed by atoms with van der Waals surface area (Å²) >= 11 is 0. The number of hydrogen-bond donors (Lipinski definition) is 1. The molecular formula is C5H9K2NO5. The number of carbonyl (C=O) groups is 2. The van der Waals surface area contributed by atoms with Gasteiger partial charge in [-0.15, -0.1) is 0 Å². The molecule has 0 aliphatic heterocycles. The first-order valence-electron chi connectivity index (χ1n) is 2.70. The molecular weight excluding hydrogens is 232 g/mol. The Morgan fingerprint density at radius 2 is 1.62 bits per heavy atom. The second-order valence-corrected chi connectivity index (χ2v) is 1.84. The second-order valence-electron chi connectivity index (χ2n) is 1.84. The van der Waals surface area contributed by atoms with Crippen molar-refractivity contribution in [3.63, 3.8) is 0 Å². The van der Waals surface area contributed by atoms with E-state index < -0.39 is 18.0 Å². The van der Waals surface area contributed by atoms with Gasteiger partial charge in [0.2, 0.25) is 0 Å². The molecule has 0 aromatic rings. The van der Waals surface area contributed by atoms with E-state index in [4.69, 9.17) is 5.73 Å². The van der Waals surface area contributed by atoms with Crippen LogP contribution in [0.1, 0.15) is 12.8 Å². The van der Waals surface area contributed by atoms with Crippen LogP contribution in [0, 0.1) is 0 Å². The summed E-state index contributed by atoms with van der Waals surface area (Å²) < 4.78 is 0. The molecule has 0 aliphatic carbocycles. The number of aliphatic carboxylic acids is 2. The van der Waals surface area contributed by atoms with Crippen LogP contribution < -0.4 is 119 Å². The van der Waals surface area contributed by atoms with Gasteiger partial charge in [0.15, 0.2) is 0 Å². The Kier molecular flexibility index (Phi) is 26.5. The maximum Gasteiger partial charge on any atom is 1.00 e. The van der Waals surface area contributed by atoms with Crippen LogP contribution in [0.15, 0.2) is 0 Å². The van der Waals surface area contributed by atoms with Gasteiger partial charge in [-0.25, -0.2) is 0 Å². The minimum Gasteiger partial charge on any atom is -0.550 e. The second kappa shape index (κ2) is 14.1. The van der Waals surface area contributed by atoms with Crippen molar-refractivity contribution < 1.29 is 128 Å². The maximum absolute atomic E-state index is 9.86. The fourth-order valence-electron chi connectivity index (χ4n) is 0.391. The first-order valence-corrected chi connectivity index (χ1v) is 2.70. The van der Waals surface area contributed by atoms with Crippen molar-refractivity contribution in [3.05, 3.63) is 0 Å². The summed E-state index contributed by atoms with van der Waals surface area (Å²) in [4.78, 5) is 19.6. The summed E-state index contributed by atoms with van der Waals surface area (Å²) in [7, 11) is 0. The number of carboxylic acid groups (broad SMARTS) is 2. The van der Waals surface area contributed by atoms with Gasteiger partial charge < -0.3 is 31.0 Å². The van der Waals surface area contributed by atoms with Crippen molar-refractivity contribution in [2.45, 2.75) is 18.9 Å². The molecule has 0 saturated carbocycles. The van der Waals surface area contributed by atoms with Crippen LogP contribution in [-0.4, -0.2) is 23.5 Å². The van der Waals surface area contributed by atoms with E-state index in [9.17, 15) is 19.8 Å². The van der Waals surface area contributed by atoms with E-state index in [1.165, 1.54) is 0 Å². The average molecular weight is 241 g/mol. The topological polar surface area (TPSA) is 138 Å². The van der Waals surface area contributed by atoms with Crippen molar-refractivity contribution in [1.29, 1.82) is 0 Å².